The predicted octanol–water partition coefficient (Wildman–Crippen LogP) is 2.41. The molecule has 2 heterocycles. The van der Waals surface area contributed by atoms with Crippen molar-refractivity contribution in [2.75, 3.05) is 13.1 Å². The average Bonchev–Trinajstić information content (AvgIpc) is 2.97. The number of aromatic nitrogens is 2. The van der Waals surface area contributed by atoms with E-state index < -0.39 is 15.8 Å². The van der Waals surface area contributed by atoms with E-state index in [0.29, 0.717) is 25.3 Å². The van der Waals surface area contributed by atoms with Gasteiger partial charge >= 0.3 is 0 Å². The molecule has 1 aliphatic rings. The number of rotatable bonds is 3. The van der Waals surface area contributed by atoms with Gasteiger partial charge in [-0.25, -0.2) is 22.8 Å². The van der Waals surface area contributed by atoms with Crippen molar-refractivity contribution in [2.24, 2.45) is 0 Å². The van der Waals surface area contributed by atoms with Crippen molar-refractivity contribution < 1.29 is 12.8 Å². The first-order valence-corrected chi connectivity index (χ1v) is 8.88. The molecule has 0 N–H and O–H groups in total. The first kappa shape index (κ1) is 16.0. The minimum absolute atomic E-state index is 0.0144. The van der Waals surface area contributed by atoms with E-state index in [9.17, 15) is 12.8 Å². The molecule has 1 aromatic heterocycles. The van der Waals surface area contributed by atoms with Crippen molar-refractivity contribution in [3.63, 3.8) is 0 Å². The molecule has 1 atom stereocenters. The molecule has 1 saturated heterocycles. The number of benzene rings is 1. The van der Waals surface area contributed by atoms with Crippen LogP contribution in [0.2, 0.25) is 0 Å². The van der Waals surface area contributed by atoms with Crippen LogP contribution in [0.5, 0.6) is 0 Å². The van der Waals surface area contributed by atoms with Crippen LogP contribution in [-0.4, -0.2) is 35.8 Å². The molecule has 122 valence electrons. The maximum Gasteiger partial charge on any atom is 0.243 e. The zero-order valence-corrected chi connectivity index (χ0v) is 13.8. The van der Waals surface area contributed by atoms with Crippen LogP contribution in [0.15, 0.2) is 35.2 Å². The second kappa shape index (κ2) is 5.98. The van der Waals surface area contributed by atoms with E-state index in [1.165, 1.54) is 22.5 Å². The first-order valence-electron chi connectivity index (χ1n) is 7.44. The summed E-state index contributed by atoms with van der Waals surface area (Å²) < 4.78 is 39.9. The molecule has 7 heteroatoms. The topological polar surface area (TPSA) is 63.2 Å². The molecule has 0 aliphatic carbocycles. The van der Waals surface area contributed by atoms with Gasteiger partial charge in [-0.1, -0.05) is 6.07 Å². The van der Waals surface area contributed by atoms with E-state index in [2.05, 4.69) is 9.97 Å². The summed E-state index contributed by atoms with van der Waals surface area (Å²) in [4.78, 5) is 8.84. The first-order chi connectivity index (χ1) is 10.9. The van der Waals surface area contributed by atoms with E-state index in [1.54, 1.807) is 0 Å². The highest BCUT2D eigenvalue weighted by Crippen LogP contribution is 2.29. The molecule has 1 aromatic carbocycles. The zero-order valence-electron chi connectivity index (χ0n) is 13.0. The second-order valence-corrected chi connectivity index (χ2v) is 7.75. The van der Waals surface area contributed by atoms with Gasteiger partial charge in [0.2, 0.25) is 10.0 Å². The Kier molecular flexibility index (Phi) is 4.16. The van der Waals surface area contributed by atoms with Gasteiger partial charge in [-0.15, -0.1) is 0 Å². The lowest BCUT2D eigenvalue weighted by Gasteiger charge is -2.16. The highest BCUT2D eigenvalue weighted by Gasteiger charge is 2.34. The van der Waals surface area contributed by atoms with Crippen molar-refractivity contribution in [2.45, 2.75) is 31.1 Å². The fraction of sp³-hybridized carbons (Fsp3) is 0.375. The smallest absolute Gasteiger partial charge is 0.238 e. The predicted molar refractivity (Wildman–Crippen MR) is 84.0 cm³/mol. The van der Waals surface area contributed by atoms with Crippen molar-refractivity contribution in [3.8, 4) is 0 Å². The second-order valence-electron chi connectivity index (χ2n) is 5.81. The summed E-state index contributed by atoms with van der Waals surface area (Å²) >= 11 is 0. The van der Waals surface area contributed by atoms with Crippen LogP contribution in [0.1, 0.15) is 29.6 Å². The maximum absolute atomic E-state index is 13.3. The summed E-state index contributed by atoms with van der Waals surface area (Å²) in [5.41, 5.74) is 1.75. The number of halogens is 1. The fourth-order valence-corrected chi connectivity index (χ4v) is 4.40. The Morgan fingerprint density at radius 2 is 1.87 bits per heavy atom. The van der Waals surface area contributed by atoms with E-state index in [1.807, 2.05) is 19.9 Å². The van der Waals surface area contributed by atoms with Gasteiger partial charge < -0.3 is 0 Å². The monoisotopic (exact) mass is 335 g/mol. The van der Waals surface area contributed by atoms with Crippen LogP contribution in [0.4, 0.5) is 4.39 Å². The molecule has 3 rings (SSSR count). The van der Waals surface area contributed by atoms with E-state index in [0.717, 1.165) is 17.5 Å². The van der Waals surface area contributed by atoms with Gasteiger partial charge in [0.05, 0.1) is 4.90 Å². The molecule has 23 heavy (non-hydrogen) atoms. The number of hydrogen-bond donors (Lipinski definition) is 0. The normalized spacial score (nSPS) is 19.2. The average molecular weight is 335 g/mol. The molecule has 0 radical (unpaired) electrons. The van der Waals surface area contributed by atoms with Gasteiger partial charge in [-0.3, -0.25) is 0 Å². The van der Waals surface area contributed by atoms with Gasteiger partial charge in [0.15, 0.2) is 0 Å². The highest BCUT2D eigenvalue weighted by molar-refractivity contribution is 7.89. The molecule has 1 aliphatic heterocycles. The largest absolute Gasteiger partial charge is 0.243 e. The minimum Gasteiger partial charge on any atom is -0.238 e. The Bertz CT molecular complexity index is 819. The lowest BCUT2D eigenvalue weighted by Crippen LogP contribution is -2.29. The summed E-state index contributed by atoms with van der Waals surface area (Å²) in [5.74, 6) is 0.0934. The Balaban J connectivity index is 1.84. The third-order valence-corrected chi connectivity index (χ3v) is 5.81. The Hall–Kier alpha value is -1.86. The van der Waals surface area contributed by atoms with Crippen molar-refractivity contribution in [1.82, 2.24) is 14.3 Å². The van der Waals surface area contributed by atoms with Crippen molar-refractivity contribution in [1.29, 1.82) is 0 Å². The summed E-state index contributed by atoms with van der Waals surface area (Å²) in [6.45, 7) is 4.50. The van der Waals surface area contributed by atoms with Crippen LogP contribution >= 0.6 is 0 Å². The standard InChI is InChI=1S/C16H18FN3O2S/c1-11-8-12(2)19-16(18-11)13-6-7-20(10-13)23(21,22)15-5-3-4-14(17)9-15/h3-5,8-9,13H,6-7,10H2,1-2H3. The van der Waals surface area contributed by atoms with Gasteiger partial charge in [-0.05, 0) is 44.5 Å². The number of sulfonamides is 1. The quantitative estimate of drug-likeness (QED) is 0.864. The summed E-state index contributed by atoms with van der Waals surface area (Å²) in [7, 11) is -3.68. The molecule has 0 saturated carbocycles. The Morgan fingerprint density at radius 1 is 1.17 bits per heavy atom. The van der Waals surface area contributed by atoms with E-state index in [4.69, 9.17) is 0 Å². The fourth-order valence-electron chi connectivity index (χ4n) is 2.87. The van der Waals surface area contributed by atoms with Crippen LogP contribution in [0.3, 0.4) is 0 Å². The molecule has 0 spiro atoms. The minimum atomic E-state index is -3.68. The molecular formula is C16H18FN3O2S. The molecule has 0 bridgehead atoms. The van der Waals surface area contributed by atoms with E-state index >= 15 is 0 Å². The van der Waals surface area contributed by atoms with Gasteiger partial charge in [0.1, 0.15) is 11.6 Å². The number of hydrogen-bond acceptors (Lipinski definition) is 4. The van der Waals surface area contributed by atoms with Crippen LogP contribution in [-0.2, 0) is 10.0 Å². The lowest BCUT2D eigenvalue weighted by atomic mass is 10.1. The van der Waals surface area contributed by atoms with Crippen LogP contribution in [0, 0.1) is 19.7 Å². The zero-order chi connectivity index (χ0) is 16.6. The van der Waals surface area contributed by atoms with Crippen LogP contribution in [0.25, 0.3) is 0 Å². The Morgan fingerprint density at radius 3 is 2.52 bits per heavy atom. The molecule has 5 nitrogen and oxygen atoms in total. The lowest BCUT2D eigenvalue weighted by molar-refractivity contribution is 0.470. The molecule has 1 unspecified atom stereocenters. The van der Waals surface area contributed by atoms with Crippen molar-refractivity contribution >= 4 is 10.0 Å². The summed E-state index contributed by atoms with van der Waals surface area (Å²) in [6.07, 6.45) is 0.664. The maximum atomic E-state index is 13.3. The SMILES string of the molecule is Cc1cc(C)nc(C2CCN(S(=O)(=O)c3cccc(F)c3)C2)n1. The summed E-state index contributed by atoms with van der Waals surface area (Å²) in [5, 5.41) is 0. The molecular weight excluding hydrogens is 317 g/mol. The molecule has 0 amide bonds. The third-order valence-electron chi connectivity index (χ3n) is 3.95. The van der Waals surface area contributed by atoms with Gasteiger partial charge in [0.25, 0.3) is 0 Å². The highest BCUT2D eigenvalue weighted by atomic mass is 32.2. The van der Waals surface area contributed by atoms with E-state index in [-0.39, 0.29) is 10.8 Å². The van der Waals surface area contributed by atoms with Crippen molar-refractivity contribution in [3.05, 3.63) is 53.4 Å². The molecule has 1 fully saturated rings. The third kappa shape index (κ3) is 3.25. The van der Waals surface area contributed by atoms with Crippen LogP contribution < -0.4 is 0 Å². The molecule has 2 aromatic rings. The van der Waals surface area contributed by atoms with Gasteiger partial charge in [0, 0.05) is 30.4 Å². The summed E-state index contributed by atoms with van der Waals surface area (Å²) in [6, 6.07) is 6.99. The Labute approximate surface area is 135 Å². The van der Waals surface area contributed by atoms with Gasteiger partial charge in [-0.2, -0.15) is 4.31 Å². The number of aryl methyl sites for hydroxylation is 2. The number of nitrogens with zero attached hydrogens (tertiary/aromatic N) is 3.